The first-order chi connectivity index (χ1) is 11.9. The highest BCUT2D eigenvalue weighted by Gasteiger charge is 2.35. The van der Waals surface area contributed by atoms with E-state index in [0.29, 0.717) is 6.07 Å². The van der Waals surface area contributed by atoms with Crippen molar-refractivity contribution in [1.82, 2.24) is 4.90 Å². The van der Waals surface area contributed by atoms with E-state index in [0.717, 1.165) is 22.7 Å². The molecule has 1 aliphatic rings. The lowest BCUT2D eigenvalue weighted by Crippen LogP contribution is -2.34. The van der Waals surface area contributed by atoms with Crippen molar-refractivity contribution in [2.45, 2.75) is 17.2 Å². The second kappa shape index (κ2) is 7.93. The Morgan fingerprint density at radius 1 is 1.19 bits per heavy atom. The van der Waals surface area contributed by atoms with Gasteiger partial charge in [0.25, 0.3) is 0 Å². The molecule has 1 aromatic carbocycles. The van der Waals surface area contributed by atoms with Gasteiger partial charge in [-0.15, -0.1) is 0 Å². The molecule has 0 radical (unpaired) electrons. The maximum Gasteiger partial charge on any atom is 0.405 e. The van der Waals surface area contributed by atoms with Crippen molar-refractivity contribution in [2.24, 2.45) is 4.99 Å². The molecule has 3 nitrogen and oxygen atoms in total. The topological polar surface area (TPSA) is 32.7 Å². The zero-order chi connectivity index (χ0) is 19.7. The van der Waals surface area contributed by atoms with Crippen LogP contribution in [0.1, 0.15) is 0 Å². The molecule has 0 N–H and O–H groups in total. The zero-order valence-corrected chi connectivity index (χ0v) is 15.0. The van der Waals surface area contributed by atoms with Crippen LogP contribution in [0.2, 0.25) is 5.02 Å². The van der Waals surface area contributed by atoms with Gasteiger partial charge in [0, 0.05) is 12.3 Å². The third kappa shape index (κ3) is 6.02. The number of benzene rings is 1. The number of aliphatic imine (C=N–C) groups is 1. The van der Waals surface area contributed by atoms with Crippen LogP contribution in [0, 0.1) is 5.82 Å². The molecule has 0 amide bonds. The van der Waals surface area contributed by atoms with E-state index in [-0.39, 0.29) is 17.5 Å². The average molecular weight is 443 g/mol. The molecule has 0 saturated carbocycles. The van der Waals surface area contributed by atoms with Crippen molar-refractivity contribution in [3.05, 3.63) is 23.0 Å². The summed E-state index contributed by atoms with van der Waals surface area (Å²) in [6.07, 6.45) is -9.23. The minimum atomic E-state index is -4.74. The Morgan fingerprint density at radius 2 is 1.85 bits per heavy atom. The van der Waals surface area contributed by atoms with Crippen molar-refractivity contribution in [1.29, 1.82) is 0 Å². The van der Waals surface area contributed by atoms with Crippen LogP contribution in [0.5, 0.6) is 0 Å². The number of thioether (sulfide) groups is 1. The Kier molecular flexibility index (Phi) is 6.49. The fourth-order valence-corrected chi connectivity index (χ4v) is 4.38. The summed E-state index contributed by atoms with van der Waals surface area (Å²) in [6, 6.07) is 1.40. The van der Waals surface area contributed by atoms with E-state index in [4.69, 9.17) is 11.6 Å². The molecule has 0 bridgehead atoms. The lowest BCUT2D eigenvalue weighted by Gasteiger charge is -2.19. The molecular weight excluding hydrogens is 433 g/mol. The highest BCUT2D eigenvalue weighted by Crippen LogP contribution is 2.33. The molecule has 13 heteroatoms. The summed E-state index contributed by atoms with van der Waals surface area (Å²) in [4.78, 5) is 4.15. The first-order valence-electron chi connectivity index (χ1n) is 6.83. The Morgan fingerprint density at radius 3 is 2.42 bits per heavy atom. The third-order valence-electron chi connectivity index (χ3n) is 2.99. The van der Waals surface area contributed by atoms with E-state index >= 15 is 0 Å². The minimum Gasteiger partial charge on any atom is -0.341 e. The van der Waals surface area contributed by atoms with Crippen LogP contribution < -0.4 is 0 Å². The molecule has 1 aromatic rings. The first-order valence-corrected chi connectivity index (χ1v) is 9.51. The Hall–Kier alpha value is -1.01. The molecule has 2 rings (SSSR count). The van der Waals surface area contributed by atoms with E-state index in [9.17, 15) is 34.9 Å². The highest BCUT2D eigenvalue weighted by atomic mass is 35.5. The number of amidine groups is 1. The fourth-order valence-electron chi connectivity index (χ4n) is 2.01. The molecule has 1 atom stereocenters. The van der Waals surface area contributed by atoms with Gasteiger partial charge in [0.2, 0.25) is 0 Å². The summed E-state index contributed by atoms with van der Waals surface area (Å²) in [5.41, 5.74) is -0.531. The van der Waals surface area contributed by atoms with Gasteiger partial charge in [-0.1, -0.05) is 23.4 Å². The van der Waals surface area contributed by atoms with Crippen molar-refractivity contribution >= 4 is 45.0 Å². The Balaban J connectivity index is 2.34. The molecule has 1 fully saturated rings. The summed E-state index contributed by atoms with van der Waals surface area (Å²) < 4.78 is 101. The van der Waals surface area contributed by atoms with Gasteiger partial charge in [-0.3, -0.25) is 4.21 Å². The maximum absolute atomic E-state index is 14.0. The predicted octanol–water partition coefficient (Wildman–Crippen LogP) is 4.75. The number of hydrogen-bond acceptors (Lipinski definition) is 3. The molecule has 1 unspecified atom stereocenters. The lowest BCUT2D eigenvalue weighted by atomic mass is 10.3. The van der Waals surface area contributed by atoms with Crippen LogP contribution in [0.15, 0.2) is 22.0 Å². The second-order valence-corrected chi connectivity index (χ2v) is 8.01. The summed E-state index contributed by atoms with van der Waals surface area (Å²) in [5, 5.41) is -0.614. The molecule has 1 heterocycles. The van der Waals surface area contributed by atoms with Gasteiger partial charge in [-0.05, 0) is 12.1 Å². The van der Waals surface area contributed by atoms with Gasteiger partial charge >= 0.3 is 12.4 Å². The molecule has 0 aromatic heterocycles. The zero-order valence-electron chi connectivity index (χ0n) is 12.6. The monoisotopic (exact) mass is 442 g/mol. The summed E-state index contributed by atoms with van der Waals surface area (Å²) >= 11 is 6.59. The van der Waals surface area contributed by atoms with E-state index < -0.39 is 56.9 Å². The van der Waals surface area contributed by atoms with Crippen LogP contribution >= 0.6 is 23.4 Å². The smallest absolute Gasteiger partial charge is 0.341 e. The van der Waals surface area contributed by atoms with Crippen LogP contribution in [0.3, 0.4) is 0 Å². The quantitative estimate of drug-likeness (QED) is 0.631. The van der Waals surface area contributed by atoms with Crippen LogP contribution in [-0.4, -0.2) is 51.2 Å². The number of nitrogens with zero attached hydrogens (tertiary/aromatic N) is 2. The molecule has 0 aliphatic carbocycles. The van der Waals surface area contributed by atoms with Gasteiger partial charge in [0.15, 0.2) is 5.17 Å². The minimum absolute atomic E-state index is 0.0328. The van der Waals surface area contributed by atoms with Gasteiger partial charge in [-0.25, -0.2) is 9.38 Å². The Labute approximate surface area is 155 Å². The summed E-state index contributed by atoms with van der Waals surface area (Å²) in [6.45, 7) is -1.26. The predicted molar refractivity (Wildman–Crippen MR) is 85.9 cm³/mol. The summed E-state index contributed by atoms with van der Waals surface area (Å²) in [7, 11) is -2.60. The van der Waals surface area contributed by atoms with Gasteiger partial charge < -0.3 is 4.90 Å². The van der Waals surface area contributed by atoms with Crippen molar-refractivity contribution in [3.8, 4) is 0 Å². The van der Waals surface area contributed by atoms with Crippen LogP contribution in [-0.2, 0) is 10.8 Å². The highest BCUT2D eigenvalue weighted by molar-refractivity contribution is 8.14. The molecule has 0 spiro atoms. The number of hydrogen-bond donors (Lipinski definition) is 0. The van der Waals surface area contributed by atoms with Crippen molar-refractivity contribution < 1.29 is 34.9 Å². The van der Waals surface area contributed by atoms with Crippen LogP contribution in [0.25, 0.3) is 0 Å². The molecule has 146 valence electrons. The van der Waals surface area contributed by atoms with Gasteiger partial charge in [0.05, 0.1) is 20.7 Å². The number of alkyl halides is 6. The van der Waals surface area contributed by atoms with E-state index in [1.54, 1.807) is 0 Å². The van der Waals surface area contributed by atoms with E-state index in [1.807, 2.05) is 0 Å². The van der Waals surface area contributed by atoms with Crippen molar-refractivity contribution in [3.63, 3.8) is 0 Å². The normalized spacial score (nSPS) is 18.6. The molecule has 1 saturated heterocycles. The third-order valence-corrected chi connectivity index (χ3v) is 5.83. The SMILES string of the molecule is O=S(CC(F)(F)F)c1cc(N=C2SCCN2CC(F)(F)F)c(F)cc1Cl. The van der Waals surface area contributed by atoms with Crippen LogP contribution in [0.4, 0.5) is 36.4 Å². The number of halogens is 8. The second-order valence-electron chi connectivity index (χ2n) is 5.12. The largest absolute Gasteiger partial charge is 0.405 e. The fraction of sp³-hybridized carbons (Fsp3) is 0.462. The Bertz CT molecular complexity index is 736. The number of rotatable bonds is 4. The van der Waals surface area contributed by atoms with Gasteiger partial charge in [-0.2, -0.15) is 26.3 Å². The summed E-state index contributed by atoms with van der Waals surface area (Å²) in [5.74, 6) is -2.45. The van der Waals surface area contributed by atoms with E-state index in [2.05, 4.69) is 4.99 Å². The van der Waals surface area contributed by atoms with Crippen molar-refractivity contribution in [2.75, 3.05) is 24.6 Å². The first kappa shape index (κ1) is 21.3. The van der Waals surface area contributed by atoms with E-state index in [1.165, 1.54) is 0 Å². The maximum atomic E-state index is 14.0. The average Bonchev–Trinajstić information content (AvgIpc) is 2.84. The molecular formula is C13H10ClF7N2OS2. The lowest BCUT2D eigenvalue weighted by molar-refractivity contribution is -0.136. The standard InChI is InChI=1S/C13H10ClF7N2OS2/c14-7-3-8(15)9(4-10(7)26(24)6-13(19,20)21)22-11-23(1-2-25-11)5-12(16,17)18/h3-4H,1-2,5-6H2. The van der Waals surface area contributed by atoms with Gasteiger partial charge in [0.1, 0.15) is 23.8 Å². The molecule has 26 heavy (non-hydrogen) atoms. The molecule has 1 aliphatic heterocycles.